The van der Waals surface area contributed by atoms with Crippen LogP contribution in [0.3, 0.4) is 0 Å². The van der Waals surface area contributed by atoms with Crippen LogP contribution in [0, 0.1) is 22.7 Å². The number of aromatic nitrogens is 2. The Morgan fingerprint density at radius 1 is 1.17 bits per heavy atom. The summed E-state index contributed by atoms with van der Waals surface area (Å²) in [7, 11) is 1.97. The van der Waals surface area contributed by atoms with Crippen molar-refractivity contribution in [3.05, 3.63) is 53.3 Å². The molecule has 120 valence electrons. The second kappa shape index (κ2) is 8.45. The molecule has 1 aromatic carbocycles. The van der Waals surface area contributed by atoms with E-state index >= 15 is 0 Å². The largest absolute Gasteiger partial charge is 0.344 e. The van der Waals surface area contributed by atoms with E-state index < -0.39 is 0 Å². The standard InChI is InChI=1S/C19H19N5/c1-3-4-9-24(2)19-22-13-16(14-23-19)10-18(12-21)17-7-5-15(11-20)6-8-17/h5-8,10,13-14H,3-4,9H2,1-2H3/b18-10+. The Kier molecular flexibility index (Phi) is 6.05. The van der Waals surface area contributed by atoms with Crippen LogP contribution < -0.4 is 4.90 Å². The molecule has 2 aromatic rings. The van der Waals surface area contributed by atoms with Gasteiger partial charge in [-0.25, -0.2) is 9.97 Å². The molecule has 5 nitrogen and oxygen atoms in total. The lowest BCUT2D eigenvalue weighted by molar-refractivity contribution is 0.749. The maximum absolute atomic E-state index is 9.37. The Labute approximate surface area is 142 Å². The zero-order chi connectivity index (χ0) is 17.4. The van der Waals surface area contributed by atoms with Gasteiger partial charge in [0.15, 0.2) is 0 Å². The van der Waals surface area contributed by atoms with Gasteiger partial charge in [0.2, 0.25) is 5.95 Å². The highest BCUT2D eigenvalue weighted by atomic mass is 15.2. The van der Waals surface area contributed by atoms with Crippen molar-refractivity contribution < 1.29 is 0 Å². The van der Waals surface area contributed by atoms with Crippen LogP contribution in [-0.2, 0) is 0 Å². The zero-order valence-corrected chi connectivity index (χ0v) is 13.9. The molecule has 2 rings (SSSR count). The van der Waals surface area contributed by atoms with Crippen molar-refractivity contribution in [3.8, 4) is 12.1 Å². The van der Waals surface area contributed by atoms with Crippen LogP contribution in [0.1, 0.15) is 36.5 Å². The number of rotatable bonds is 6. The Balaban J connectivity index is 2.19. The third kappa shape index (κ3) is 4.41. The summed E-state index contributed by atoms with van der Waals surface area (Å²) in [6, 6.07) is 11.2. The maximum Gasteiger partial charge on any atom is 0.225 e. The molecule has 5 heteroatoms. The van der Waals surface area contributed by atoms with E-state index in [2.05, 4.69) is 29.0 Å². The first kappa shape index (κ1) is 17.2. The molecule has 24 heavy (non-hydrogen) atoms. The minimum atomic E-state index is 0.509. The highest BCUT2D eigenvalue weighted by Gasteiger charge is 2.05. The van der Waals surface area contributed by atoms with Crippen molar-refractivity contribution in [1.82, 2.24) is 9.97 Å². The Morgan fingerprint density at radius 2 is 1.83 bits per heavy atom. The van der Waals surface area contributed by atoms with Gasteiger partial charge in [-0.05, 0) is 30.2 Å². The van der Waals surface area contributed by atoms with Gasteiger partial charge in [-0.1, -0.05) is 25.5 Å². The number of benzene rings is 1. The van der Waals surface area contributed by atoms with Crippen molar-refractivity contribution in [3.63, 3.8) is 0 Å². The molecule has 0 fully saturated rings. The van der Waals surface area contributed by atoms with E-state index in [0.29, 0.717) is 17.1 Å². The molecule has 0 amide bonds. The predicted molar refractivity (Wildman–Crippen MR) is 94.9 cm³/mol. The zero-order valence-electron chi connectivity index (χ0n) is 13.9. The third-order valence-corrected chi connectivity index (χ3v) is 3.60. The second-order valence-corrected chi connectivity index (χ2v) is 5.45. The van der Waals surface area contributed by atoms with E-state index in [4.69, 9.17) is 5.26 Å². The predicted octanol–water partition coefficient (Wildman–Crippen LogP) is 3.65. The van der Waals surface area contributed by atoms with Gasteiger partial charge in [0.25, 0.3) is 0 Å². The highest BCUT2D eigenvalue weighted by molar-refractivity contribution is 5.89. The van der Waals surface area contributed by atoms with Gasteiger partial charge in [-0.2, -0.15) is 10.5 Å². The van der Waals surface area contributed by atoms with Crippen LogP contribution in [-0.4, -0.2) is 23.6 Å². The normalized spacial score (nSPS) is 10.8. The number of hydrogen-bond donors (Lipinski definition) is 0. The fourth-order valence-electron chi connectivity index (χ4n) is 2.17. The van der Waals surface area contributed by atoms with Crippen LogP contribution in [0.4, 0.5) is 5.95 Å². The average Bonchev–Trinajstić information content (AvgIpc) is 2.64. The maximum atomic E-state index is 9.37. The van der Waals surface area contributed by atoms with E-state index in [1.807, 2.05) is 11.9 Å². The van der Waals surface area contributed by atoms with Gasteiger partial charge in [-0.3, -0.25) is 0 Å². The molecule has 0 radical (unpaired) electrons. The summed E-state index contributed by atoms with van der Waals surface area (Å²) in [4.78, 5) is 10.7. The Morgan fingerprint density at radius 3 is 2.38 bits per heavy atom. The first-order chi connectivity index (χ1) is 11.7. The van der Waals surface area contributed by atoms with Crippen molar-refractivity contribution in [2.75, 3.05) is 18.5 Å². The van der Waals surface area contributed by atoms with Gasteiger partial charge in [-0.15, -0.1) is 0 Å². The van der Waals surface area contributed by atoms with Crippen molar-refractivity contribution in [2.24, 2.45) is 0 Å². The van der Waals surface area contributed by atoms with Gasteiger partial charge in [0, 0.05) is 31.5 Å². The molecular formula is C19H19N5. The molecule has 0 spiro atoms. The Hall–Kier alpha value is -3.18. The molecule has 1 aromatic heterocycles. The first-order valence-electron chi connectivity index (χ1n) is 7.83. The van der Waals surface area contributed by atoms with Crippen molar-refractivity contribution in [1.29, 1.82) is 10.5 Å². The molecular weight excluding hydrogens is 298 g/mol. The number of nitriles is 2. The summed E-state index contributed by atoms with van der Waals surface area (Å²) in [5, 5.41) is 18.2. The summed E-state index contributed by atoms with van der Waals surface area (Å²) in [6.45, 7) is 3.07. The second-order valence-electron chi connectivity index (χ2n) is 5.45. The van der Waals surface area contributed by atoms with E-state index in [1.165, 1.54) is 0 Å². The lowest BCUT2D eigenvalue weighted by Crippen LogP contribution is -2.20. The van der Waals surface area contributed by atoms with Crippen molar-refractivity contribution >= 4 is 17.6 Å². The smallest absolute Gasteiger partial charge is 0.225 e. The number of nitrogens with zero attached hydrogens (tertiary/aromatic N) is 5. The summed E-state index contributed by atoms with van der Waals surface area (Å²) in [5.41, 5.74) is 2.61. The number of allylic oxidation sites excluding steroid dienone is 1. The highest BCUT2D eigenvalue weighted by Crippen LogP contribution is 2.18. The van der Waals surface area contributed by atoms with Gasteiger partial charge >= 0.3 is 0 Å². The molecule has 0 saturated carbocycles. The fourth-order valence-corrected chi connectivity index (χ4v) is 2.17. The summed E-state index contributed by atoms with van der Waals surface area (Å²) in [5.74, 6) is 0.678. The summed E-state index contributed by atoms with van der Waals surface area (Å²) < 4.78 is 0. The number of anilines is 1. The van der Waals surface area contributed by atoms with Gasteiger partial charge in [0.1, 0.15) is 0 Å². The molecule has 1 heterocycles. The van der Waals surface area contributed by atoms with E-state index in [-0.39, 0.29) is 0 Å². The van der Waals surface area contributed by atoms with Crippen LogP contribution >= 0.6 is 0 Å². The SMILES string of the molecule is CCCCN(C)c1ncc(/C=C(\C#N)c2ccc(C#N)cc2)cn1. The van der Waals surface area contributed by atoms with E-state index in [9.17, 15) is 5.26 Å². The summed E-state index contributed by atoms with van der Waals surface area (Å²) in [6.07, 6.45) is 7.40. The molecule has 0 bridgehead atoms. The van der Waals surface area contributed by atoms with Crippen LogP contribution in [0.2, 0.25) is 0 Å². The van der Waals surface area contributed by atoms with Crippen LogP contribution in [0.5, 0.6) is 0 Å². The molecule has 0 aliphatic carbocycles. The Bertz CT molecular complexity index is 776. The molecule has 0 aliphatic rings. The molecule has 0 atom stereocenters. The number of unbranched alkanes of at least 4 members (excludes halogenated alkanes) is 1. The monoisotopic (exact) mass is 317 g/mol. The van der Waals surface area contributed by atoms with E-state index in [0.717, 1.165) is 30.5 Å². The molecule has 0 N–H and O–H groups in total. The van der Waals surface area contributed by atoms with Crippen LogP contribution in [0.15, 0.2) is 36.7 Å². The van der Waals surface area contributed by atoms with Crippen LogP contribution in [0.25, 0.3) is 11.6 Å². The first-order valence-corrected chi connectivity index (χ1v) is 7.83. The van der Waals surface area contributed by atoms with E-state index in [1.54, 1.807) is 42.7 Å². The average molecular weight is 317 g/mol. The molecule has 0 unspecified atom stereocenters. The van der Waals surface area contributed by atoms with Crippen molar-refractivity contribution in [2.45, 2.75) is 19.8 Å². The lowest BCUT2D eigenvalue weighted by atomic mass is 10.0. The topological polar surface area (TPSA) is 76.6 Å². The number of hydrogen-bond acceptors (Lipinski definition) is 5. The quantitative estimate of drug-likeness (QED) is 0.760. The third-order valence-electron chi connectivity index (χ3n) is 3.60. The molecule has 0 saturated heterocycles. The van der Waals surface area contributed by atoms with Gasteiger partial charge < -0.3 is 4.90 Å². The minimum Gasteiger partial charge on any atom is -0.344 e. The summed E-state index contributed by atoms with van der Waals surface area (Å²) >= 11 is 0. The fraction of sp³-hybridized carbons (Fsp3) is 0.263. The van der Waals surface area contributed by atoms with Gasteiger partial charge in [0.05, 0.1) is 23.3 Å². The molecule has 0 aliphatic heterocycles. The minimum absolute atomic E-state index is 0.509. The lowest BCUT2D eigenvalue weighted by Gasteiger charge is -2.15.